The van der Waals surface area contributed by atoms with Gasteiger partial charge in [0.25, 0.3) is 0 Å². The van der Waals surface area contributed by atoms with Gasteiger partial charge in [0.05, 0.1) is 19.5 Å². The Balaban J connectivity index is 1.47. The monoisotopic (exact) mass is 369 g/mol. The van der Waals surface area contributed by atoms with Crippen LogP contribution in [-0.4, -0.2) is 54.3 Å². The number of rotatable bonds is 3. The van der Waals surface area contributed by atoms with Crippen molar-refractivity contribution in [3.63, 3.8) is 0 Å². The summed E-state index contributed by atoms with van der Waals surface area (Å²) in [5.41, 5.74) is 1.97. The molecule has 134 valence electrons. The van der Waals surface area contributed by atoms with Gasteiger partial charge in [-0.2, -0.15) is 4.98 Å². The number of aromatic nitrogens is 3. The third-order valence-electron chi connectivity index (χ3n) is 4.73. The van der Waals surface area contributed by atoms with Crippen molar-refractivity contribution in [3.8, 4) is 0 Å². The van der Waals surface area contributed by atoms with Gasteiger partial charge in [-0.1, -0.05) is 17.4 Å². The Morgan fingerprint density at radius 3 is 2.85 bits per heavy atom. The molecule has 8 heteroatoms. The van der Waals surface area contributed by atoms with E-state index in [9.17, 15) is 0 Å². The van der Waals surface area contributed by atoms with Crippen LogP contribution in [0.15, 0.2) is 35.2 Å². The normalized spacial score (nSPS) is 18.4. The smallest absolute Gasteiger partial charge is 0.188 e. The average molecular weight is 369 g/mol. The summed E-state index contributed by atoms with van der Waals surface area (Å²) in [6.45, 7) is 4.96. The Morgan fingerprint density at radius 1 is 1.08 bits per heavy atom. The second kappa shape index (κ2) is 6.69. The predicted molar refractivity (Wildman–Crippen MR) is 102 cm³/mol. The number of thiazole rings is 1. The second-order valence-electron chi connectivity index (χ2n) is 6.36. The lowest BCUT2D eigenvalue weighted by Crippen LogP contribution is -2.36. The lowest BCUT2D eigenvalue weighted by molar-refractivity contribution is 0.122. The molecule has 3 aromatic rings. The topological polar surface area (TPSA) is 67.5 Å². The molecule has 0 atom stereocenters. The zero-order valence-electron chi connectivity index (χ0n) is 14.3. The number of hydrogen-bond acceptors (Lipinski definition) is 8. The van der Waals surface area contributed by atoms with Crippen molar-refractivity contribution in [2.75, 3.05) is 49.2 Å². The number of ether oxygens (including phenoxy) is 1. The summed E-state index contributed by atoms with van der Waals surface area (Å²) in [6.07, 6.45) is 6.55. The Hall–Kier alpha value is -2.45. The first-order valence-corrected chi connectivity index (χ1v) is 9.62. The van der Waals surface area contributed by atoms with Gasteiger partial charge in [0.1, 0.15) is 16.8 Å². The minimum atomic E-state index is 0.748. The summed E-state index contributed by atoms with van der Waals surface area (Å²) in [5, 5.41) is 1.00. The standard InChI is InChI=1S/C18H19N5O2S/c1-3-13(14-4-2-8-25-14)11-23(5-1)17-15-16(19-12-20-17)21-18(26-15)22-6-9-24-10-7-22/h2-4,8,12H,1,5-7,9-11H2. The summed E-state index contributed by atoms with van der Waals surface area (Å²) in [5.74, 6) is 1.89. The van der Waals surface area contributed by atoms with Crippen LogP contribution in [-0.2, 0) is 4.74 Å². The number of hydrogen-bond donors (Lipinski definition) is 0. The molecule has 0 saturated carbocycles. The molecule has 5 rings (SSSR count). The van der Waals surface area contributed by atoms with E-state index >= 15 is 0 Å². The SMILES string of the molecule is C1=C(c2ccco2)CN(c2ncnc3nc(N4CCOCC4)sc23)CC1. The van der Waals surface area contributed by atoms with Crippen molar-refractivity contribution in [3.05, 3.63) is 36.6 Å². The number of morpholine rings is 1. The summed E-state index contributed by atoms with van der Waals surface area (Å²) in [4.78, 5) is 18.3. The molecular formula is C18H19N5O2S. The summed E-state index contributed by atoms with van der Waals surface area (Å²) >= 11 is 1.67. The Bertz CT molecular complexity index is 930. The van der Waals surface area contributed by atoms with E-state index in [-0.39, 0.29) is 0 Å². The molecule has 0 aliphatic carbocycles. The lowest BCUT2D eigenvalue weighted by atomic mass is 10.1. The van der Waals surface area contributed by atoms with E-state index in [4.69, 9.17) is 14.1 Å². The number of nitrogens with zero attached hydrogens (tertiary/aromatic N) is 5. The van der Waals surface area contributed by atoms with Crippen LogP contribution in [0.4, 0.5) is 10.9 Å². The average Bonchev–Trinajstić information content (AvgIpc) is 3.38. The van der Waals surface area contributed by atoms with Gasteiger partial charge in [-0.15, -0.1) is 0 Å². The number of furan rings is 1. The molecule has 3 aromatic heterocycles. The highest BCUT2D eigenvalue weighted by Crippen LogP contribution is 2.35. The largest absolute Gasteiger partial charge is 0.465 e. The minimum Gasteiger partial charge on any atom is -0.465 e. The molecular weight excluding hydrogens is 350 g/mol. The Labute approximate surface area is 154 Å². The van der Waals surface area contributed by atoms with Crippen molar-refractivity contribution < 1.29 is 9.15 Å². The van der Waals surface area contributed by atoms with Gasteiger partial charge < -0.3 is 19.0 Å². The van der Waals surface area contributed by atoms with Gasteiger partial charge in [-0.05, 0) is 18.6 Å². The molecule has 2 aliphatic heterocycles. The van der Waals surface area contributed by atoms with Crippen LogP contribution in [0.5, 0.6) is 0 Å². The minimum absolute atomic E-state index is 0.748. The van der Waals surface area contributed by atoms with Crippen LogP contribution in [0.25, 0.3) is 15.9 Å². The zero-order valence-corrected chi connectivity index (χ0v) is 15.1. The molecule has 1 saturated heterocycles. The molecule has 0 aromatic carbocycles. The van der Waals surface area contributed by atoms with E-state index in [1.807, 2.05) is 12.1 Å². The predicted octanol–water partition coefficient (Wildman–Crippen LogP) is 2.81. The fourth-order valence-corrected chi connectivity index (χ4v) is 4.50. The third-order valence-corrected chi connectivity index (χ3v) is 5.83. The highest BCUT2D eigenvalue weighted by atomic mass is 32.1. The van der Waals surface area contributed by atoms with Gasteiger partial charge in [0, 0.05) is 31.8 Å². The van der Waals surface area contributed by atoms with Crippen molar-refractivity contribution in [2.45, 2.75) is 6.42 Å². The first kappa shape index (κ1) is 15.8. The first-order chi connectivity index (χ1) is 12.9. The van der Waals surface area contributed by atoms with Crippen LogP contribution in [0.1, 0.15) is 12.2 Å². The zero-order chi connectivity index (χ0) is 17.3. The highest BCUT2D eigenvalue weighted by Gasteiger charge is 2.23. The van der Waals surface area contributed by atoms with E-state index in [1.54, 1.807) is 23.9 Å². The molecule has 5 heterocycles. The summed E-state index contributed by atoms with van der Waals surface area (Å²) in [6, 6.07) is 3.93. The van der Waals surface area contributed by atoms with Gasteiger partial charge >= 0.3 is 0 Å². The second-order valence-corrected chi connectivity index (χ2v) is 7.34. The Morgan fingerprint density at radius 2 is 2.00 bits per heavy atom. The maximum atomic E-state index is 5.57. The molecule has 0 unspecified atom stereocenters. The Kier molecular flexibility index (Phi) is 4.06. The molecule has 0 bridgehead atoms. The van der Waals surface area contributed by atoms with Crippen molar-refractivity contribution >= 4 is 38.2 Å². The van der Waals surface area contributed by atoms with Crippen LogP contribution in [0.3, 0.4) is 0 Å². The maximum Gasteiger partial charge on any atom is 0.188 e. The van der Waals surface area contributed by atoms with Crippen LogP contribution in [0.2, 0.25) is 0 Å². The van der Waals surface area contributed by atoms with Gasteiger partial charge in [-0.3, -0.25) is 0 Å². The third kappa shape index (κ3) is 2.85. The highest BCUT2D eigenvalue weighted by molar-refractivity contribution is 7.22. The van der Waals surface area contributed by atoms with Gasteiger partial charge in [0.2, 0.25) is 0 Å². The maximum absolute atomic E-state index is 5.57. The number of anilines is 2. The van der Waals surface area contributed by atoms with Crippen LogP contribution < -0.4 is 9.80 Å². The van der Waals surface area contributed by atoms with Crippen molar-refractivity contribution in [1.29, 1.82) is 0 Å². The fraction of sp³-hybridized carbons (Fsp3) is 0.389. The van der Waals surface area contributed by atoms with Gasteiger partial charge in [-0.25, -0.2) is 9.97 Å². The lowest BCUT2D eigenvalue weighted by Gasteiger charge is -2.27. The van der Waals surface area contributed by atoms with E-state index < -0.39 is 0 Å². The fourth-order valence-electron chi connectivity index (χ4n) is 3.41. The van der Waals surface area contributed by atoms with Crippen LogP contribution >= 0.6 is 11.3 Å². The van der Waals surface area contributed by atoms with Crippen molar-refractivity contribution in [1.82, 2.24) is 15.0 Å². The molecule has 0 N–H and O–H groups in total. The van der Waals surface area contributed by atoms with Crippen molar-refractivity contribution in [2.24, 2.45) is 0 Å². The van der Waals surface area contributed by atoms with E-state index in [2.05, 4.69) is 25.8 Å². The first-order valence-electron chi connectivity index (χ1n) is 8.80. The molecule has 7 nitrogen and oxygen atoms in total. The van der Waals surface area contributed by atoms with E-state index in [1.165, 1.54) is 5.57 Å². The quantitative estimate of drug-likeness (QED) is 0.703. The van der Waals surface area contributed by atoms with E-state index in [0.29, 0.717) is 0 Å². The molecule has 0 spiro atoms. The van der Waals surface area contributed by atoms with E-state index in [0.717, 1.165) is 72.9 Å². The molecule has 2 aliphatic rings. The molecule has 0 radical (unpaired) electrons. The number of fused-ring (bicyclic) bond motifs is 1. The molecule has 0 amide bonds. The molecule has 1 fully saturated rings. The van der Waals surface area contributed by atoms with Crippen LogP contribution in [0, 0.1) is 0 Å². The summed E-state index contributed by atoms with van der Waals surface area (Å²) < 4.78 is 12.1. The molecule has 26 heavy (non-hydrogen) atoms. The van der Waals surface area contributed by atoms with Gasteiger partial charge in [0.15, 0.2) is 16.6 Å². The summed E-state index contributed by atoms with van der Waals surface area (Å²) in [7, 11) is 0.